The molecule has 0 spiro atoms. The number of fused-ring (bicyclic) bond motifs is 3. The van der Waals surface area contributed by atoms with E-state index in [0.29, 0.717) is 17.5 Å². The van der Waals surface area contributed by atoms with Gasteiger partial charge >= 0.3 is 0 Å². The predicted molar refractivity (Wildman–Crippen MR) is 264 cm³/mol. The first kappa shape index (κ1) is 39.7. The van der Waals surface area contributed by atoms with Crippen LogP contribution in [0.2, 0.25) is 0 Å². The van der Waals surface area contributed by atoms with E-state index in [-0.39, 0.29) is 10.8 Å². The van der Waals surface area contributed by atoms with Crippen LogP contribution < -0.4 is 0 Å². The summed E-state index contributed by atoms with van der Waals surface area (Å²) in [4.78, 5) is 15.8. The van der Waals surface area contributed by atoms with Crippen molar-refractivity contribution >= 4 is 21.8 Å². The maximum Gasteiger partial charge on any atom is 0.166 e. The monoisotopic (exact) mass is 814 g/mol. The van der Waals surface area contributed by atoms with Crippen LogP contribution in [0.25, 0.3) is 95.0 Å². The lowest BCUT2D eigenvalue weighted by Crippen LogP contribution is -2.10. The molecule has 2 aromatic heterocycles. The smallest absolute Gasteiger partial charge is 0.166 e. The van der Waals surface area contributed by atoms with Gasteiger partial charge in [-0.25, -0.2) is 15.0 Å². The summed E-state index contributed by atoms with van der Waals surface area (Å²) >= 11 is 0. The van der Waals surface area contributed by atoms with E-state index >= 15 is 0 Å². The number of hydrogen-bond donors (Lipinski definition) is 0. The molecule has 0 saturated heterocycles. The third kappa shape index (κ3) is 7.74. The van der Waals surface area contributed by atoms with Gasteiger partial charge in [0.05, 0.1) is 16.7 Å². The molecule has 0 bridgehead atoms. The van der Waals surface area contributed by atoms with Gasteiger partial charge in [0.15, 0.2) is 17.5 Å². The normalized spacial score (nSPS) is 12.0. The van der Waals surface area contributed by atoms with Crippen molar-refractivity contribution in [2.75, 3.05) is 0 Å². The minimum atomic E-state index is -0.0174. The lowest BCUT2D eigenvalue weighted by atomic mass is 9.85. The summed E-state index contributed by atoms with van der Waals surface area (Å²) in [7, 11) is 0. The van der Waals surface area contributed by atoms with Crippen LogP contribution in [0.3, 0.4) is 0 Å². The van der Waals surface area contributed by atoms with Crippen LogP contribution in [0, 0.1) is 0 Å². The molecule has 0 amide bonds. The molecule has 63 heavy (non-hydrogen) atoms. The summed E-state index contributed by atoms with van der Waals surface area (Å²) in [6.07, 6.45) is 0. The molecule has 0 unspecified atom stereocenters. The molecule has 4 heteroatoms. The van der Waals surface area contributed by atoms with Gasteiger partial charge in [-0.05, 0) is 110 Å². The van der Waals surface area contributed by atoms with Crippen LogP contribution >= 0.6 is 0 Å². The van der Waals surface area contributed by atoms with Crippen molar-refractivity contribution in [2.45, 2.75) is 52.4 Å². The van der Waals surface area contributed by atoms with E-state index in [1.807, 2.05) is 36.4 Å². The molecule has 8 aromatic carbocycles. The molecule has 0 aliphatic rings. The Labute approximate surface area is 370 Å². The molecule has 306 valence electrons. The zero-order valence-electron chi connectivity index (χ0n) is 36.8. The summed E-state index contributed by atoms with van der Waals surface area (Å²) in [5, 5.41) is 2.46. The molecule has 0 aliphatic carbocycles. The summed E-state index contributed by atoms with van der Waals surface area (Å²) < 4.78 is 2.42. The lowest BCUT2D eigenvalue weighted by molar-refractivity contribution is 0.590. The molecule has 0 N–H and O–H groups in total. The zero-order chi connectivity index (χ0) is 43.3. The quantitative estimate of drug-likeness (QED) is 0.161. The van der Waals surface area contributed by atoms with E-state index in [2.05, 4.69) is 204 Å². The van der Waals surface area contributed by atoms with Gasteiger partial charge in [-0.2, -0.15) is 0 Å². The van der Waals surface area contributed by atoms with Crippen molar-refractivity contribution in [2.24, 2.45) is 0 Å². The van der Waals surface area contributed by atoms with Gasteiger partial charge in [-0.3, -0.25) is 0 Å². The first-order valence-electron chi connectivity index (χ1n) is 21.9. The van der Waals surface area contributed by atoms with E-state index in [9.17, 15) is 0 Å². The van der Waals surface area contributed by atoms with Crippen LogP contribution in [-0.4, -0.2) is 19.5 Å². The molecule has 10 rings (SSSR count). The Hall–Kier alpha value is -7.43. The van der Waals surface area contributed by atoms with Gasteiger partial charge in [0.1, 0.15) is 0 Å². The van der Waals surface area contributed by atoms with Crippen molar-refractivity contribution in [1.29, 1.82) is 0 Å². The van der Waals surface area contributed by atoms with Crippen LogP contribution in [0.5, 0.6) is 0 Å². The SMILES string of the molecule is CC(C)(C)c1ccc2c(c1)c1cc(C(C)(C)C)ccc1n2-c1ccc(-c2cc(-c3ccccc3)cc(-c3ccccc3)c2)cc1-c1nc(-c2ccccc2)nc(-c2ccccc2)n1. The van der Waals surface area contributed by atoms with Crippen LogP contribution in [0.1, 0.15) is 52.7 Å². The fourth-order valence-electron chi connectivity index (χ4n) is 8.62. The first-order chi connectivity index (χ1) is 30.5. The minimum absolute atomic E-state index is 0.0174. The largest absolute Gasteiger partial charge is 0.309 e. The minimum Gasteiger partial charge on any atom is -0.309 e. The highest BCUT2D eigenvalue weighted by Crippen LogP contribution is 2.42. The Kier molecular flexibility index (Phi) is 9.95. The molecule has 2 heterocycles. The lowest BCUT2D eigenvalue weighted by Gasteiger charge is -2.20. The molecule has 4 nitrogen and oxygen atoms in total. The number of rotatable bonds is 7. The standard InChI is InChI=1S/C59H50N4/c1-58(2,3)47-28-31-52-49(37-47)50-38-48(59(4,5)6)29-32-53(50)63(52)54-30-27-43(46-34-44(39-19-11-7-12-20-39)33-45(35-46)40-21-13-8-14-22-40)36-51(54)57-61-55(41-23-15-9-16-24-41)60-56(62-57)42-25-17-10-18-26-42/h7-38H,1-6H3. The second-order valence-corrected chi connectivity index (χ2v) is 18.6. The number of aromatic nitrogens is 4. The second kappa shape index (κ2) is 15.8. The highest BCUT2D eigenvalue weighted by atomic mass is 15.1. The molecule has 10 aromatic rings. The van der Waals surface area contributed by atoms with Crippen molar-refractivity contribution in [3.63, 3.8) is 0 Å². The van der Waals surface area contributed by atoms with Gasteiger partial charge in [0.25, 0.3) is 0 Å². The highest BCUT2D eigenvalue weighted by Gasteiger charge is 2.24. The van der Waals surface area contributed by atoms with Gasteiger partial charge in [-0.15, -0.1) is 0 Å². The van der Waals surface area contributed by atoms with Gasteiger partial charge < -0.3 is 4.57 Å². The maximum absolute atomic E-state index is 5.35. The van der Waals surface area contributed by atoms with Gasteiger partial charge in [0.2, 0.25) is 0 Å². The maximum atomic E-state index is 5.35. The summed E-state index contributed by atoms with van der Waals surface area (Å²) in [6.45, 7) is 13.7. The van der Waals surface area contributed by atoms with Gasteiger partial charge in [-0.1, -0.05) is 181 Å². The van der Waals surface area contributed by atoms with Crippen LogP contribution in [0.4, 0.5) is 0 Å². The highest BCUT2D eigenvalue weighted by molar-refractivity contribution is 6.10. The van der Waals surface area contributed by atoms with E-state index in [4.69, 9.17) is 15.0 Å². The number of benzene rings is 8. The average Bonchev–Trinajstić information content (AvgIpc) is 3.64. The molecule has 0 aliphatic heterocycles. The number of nitrogens with zero attached hydrogens (tertiary/aromatic N) is 4. The average molecular weight is 815 g/mol. The fraction of sp³-hybridized carbons (Fsp3) is 0.136. The Morgan fingerprint density at radius 1 is 0.317 bits per heavy atom. The number of hydrogen-bond acceptors (Lipinski definition) is 3. The van der Waals surface area contributed by atoms with Crippen molar-refractivity contribution in [1.82, 2.24) is 19.5 Å². The summed E-state index contributed by atoms with van der Waals surface area (Å²) in [6, 6.07) is 69.5. The Morgan fingerprint density at radius 3 is 1.11 bits per heavy atom. The van der Waals surface area contributed by atoms with Gasteiger partial charge in [0, 0.05) is 27.5 Å². The van der Waals surface area contributed by atoms with E-state index in [0.717, 1.165) is 55.7 Å². The fourth-order valence-corrected chi connectivity index (χ4v) is 8.62. The van der Waals surface area contributed by atoms with E-state index in [1.165, 1.54) is 33.0 Å². The first-order valence-corrected chi connectivity index (χ1v) is 21.9. The van der Waals surface area contributed by atoms with E-state index in [1.54, 1.807) is 0 Å². The second-order valence-electron chi connectivity index (χ2n) is 18.6. The van der Waals surface area contributed by atoms with E-state index < -0.39 is 0 Å². The van der Waals surface area contributed by atoms with Crippen LogP contribution in [-0.2, 0) is 10.8 Å². The molecule has 0 atom stereocenters. The van der Waals surface area contributed by atoms with Crippen molar-refractivity contribution < 1.29 is 0 Å². The third-order valence-corrected chi connectivity index (χ3v) is 12.2. The molecular weight excluding hydrogens is 765 g/mol. The molecular formula is C59H50N4. The summed E-state index contributed by atoms with van der Waals surface area (Å²) in [5.74, 6) is 1.86. The van der Waals surface area contributed by atoms with Crippen LogP contribution in [0.15, 0.2) is 194 Å². The third-order valence-electron chi connectivity index (χ3n) is 12.2. The zero-order valence-corrected chi connectivity index (χ0v) is 36.8. The summed E-state index contributed by atoms with van der Waals surface area (Å²) in [5.41, 5.74) is 15.4. The molecule has 0 saturated carbocycles. The van der Waals surface area contributed by atoms with Crippen molar-refractivity contribution in [3.8, 4) is 73.2 Å². The Bertz CT molecular complexity index is 3080. The molecule has 0 radical (unpaired) electrons. The predicted octanol–water partition coefficient (Wildman–Crippen LogP) is 15.6. The van der Waals surface area contributed by atoms with Crippen molar-refractivity contribution in [3.05, 3.63) is 205 Å². The Morgan fingerprint density at radius 2 is 0.698 bits per heavy atom. The Balaban J connectivity index is 1.29. The topological polar surface area (TPSA) is 43.6 Å². The molecule has 0 fully saturated rings.